The van der Waals surface area contributed by atoms with Crippen LogP contribution in [-0.4, -0.2) is 69.0 Å². The van der Waals surface area contributed by atoms with E-state index in [0.29, 0.717) is 11.0 Å². The molecular weight excluding hydrogens is 468 g/mol. The second kappa shape index (κ2) is 9.43. The summed E-state index contributed by atoms with van der Waals surface area (Å²) in [7, 11) is -3.48. The number of hydrogen-bond acceptors (Lipinski definition) is 6. The molecule has 10 nitrogen and oxygen atoms in total. The minimum absolute atomic E-state index is 0.0699. The molecule has 0 unspecified atom stereocenters. The maximum atomic E-state index is 13.0. The summed E-state index contributed by atoms with van der Waals surface area (Å²) in [5.41, 5.74) is 1.57. The Morgan fingerprint density at radius 2 is 1.57 bits per heavy atom. The van der Waals surface area contributed by atoms with Gasteiger partial charge in [0.05, 0.1) is 17.6 Å². The molecule has 1 aliphatic heterocycles. The summed E-state index contributed by atoms with van der Waals surface area (Å²) < 4.78 is 29.8. The van der Waals surface area contributed by atoms with Gasteiger partial charge in [0.25, 0.3) is 5.56 Å². The lowest BCUT2D eigenvalue weighted by molar-refractivity contribution is -0.133. The van der Waals surface area contributed by atoms with Gasteiger partial charge in [-0.3, -0.25) is 14.2 Å². The van der Waals surface area contributed by atoms with Gasteiger partial charge in [-0.25, -0.2) is 18.1 Å². The van der Waals surface area contributed by atoms with Gasteiger partial charge in [-0.15, -0.1) is 0 Å². The highest BCUT2D eigenvalue weighted by Crippen LogP contribution is 2.15. The SMILES string of the molecule is O=C(Cn1cnc2c(cnn2-c2ccccc2)c1=O)N1CCN(S(=O)(=O)Cc2ccccc2)CC1. The fraction of sp³-hybridized carbons (Fsp3) is 0.250. The van der Waals surface area contributed by atoms with Gasteiger partial charge in [-0.2, -0.15) is 9.40 Å². The predicted octanol–water partition coefficient (Wildman–Crippen LogP) is 1.26. The Balaban J connectivity index is 1.25. The molecule has 11 heteroatoms. The fourth-order valence-electron chi connectivity index (χ4n) is 4.16. The van der Waals surface area contributed by atoms with Crippen LogP contribution in [0.25, 0.3) is 16.7 Å². The van der Waals surface area contributed by atoms with E-state index in [-0.39, 0.29) is 49.9 Å². The van der Waals surface area contributed by atoms with E-state index in [1.807, 2.05) is 48.5 Å². The van der Waals surface area contributed by atoms with Crippen molar-refractivity contribution in [1.82, 2.24) is 28.5 Å². The molecule has 1 aliphatic rings. The van der Waals surface area contributed by atoms with Gasteiger partial charge >= 0.3 is 0 Å². The number of sulfonamides is 1. The zero-order valence-electron chi connectivity index (χ0n) is 18.9. The second-order valence-electron chi connectivity index (χ2n) is 8.33. The molecule has 35 heavy (non-hydrogen) atoms. The molecule has 1 saturated heterocycles. The summed E-state index contributed by atoms with van der Waals surface area (Å²) in [5.74, 6) is -0.330. The number of piperazine rings is 1. The summed E-state index contributed by atoms with van der Waals surface area (Å²) in [4.78, 5) is 31.8. The lowest BCUT2D eigenvalue weighted by atomic mass is 10.2. The number of nitrogens with zero attached hydrogens (tertiary/aromatic N) is 6. The summed E-state index contributed by atoms with van der Waals surface area (Å²) in [6.45, 7) is 0.801. The molecule has 0 bridgehead atoms. The third-order valence-electron chi connectivity index (χ3n) is 6.04. The first-order valence-corrected chi connectivity index (χ1v) is 12.8. The molecule has 1 amide bonds. The number of carbonyl (C=O) groups is 1. The van der Waals surface area contributed by atoms with Crippen molar-refractivity contribution in [1.29, 1.82) is 0 Å². The Kier molecular flexibility index (Phi) is 6.18. The van der Waals surface area contributed by atoms with E-state index in [0.717, 1.165) is 11.3 Å². The first-order chi connectivity index (χ1) is 16.9. The molecule has 0 aliphatic carbocycles. The van der Waals surface area contributed by atoms with Crippen LogP contribution < -0.4 is 5.56 Å². The van der Waals surface area contributed by atoms with Crippen molar-refractivity contribution in [2.24, 2.45) is 0 Å². The number of benzene rings is 2. The highest BCUT2D eigenvalue weighted by atomic mass is 32.2. The van der Waals surface area contributed by atoms with E-state index >= 15 is 0 Å². The van der Waals surface area contributed by atoms with E-state index in [9.17, 15) is 18.0 Å². The second-order valence-corrected chi connectivity index (χ2v) is 10.3. The van der Waals surface area contributed by atoms with E-state index in [1.165, 1.54) is 21.4 Å². The van der Waals surface area contributed by atoms with Gasteiger partial charge in [-0.1, -0.05) is 48.5 Å². The molecule has 0 atom stereocenters. The number of carbonyl (C=O) groups excluding carboxylic acids is 1. The minimum atomic E-state index is -3.48. The molecule has 0 saturated carbocycles. The summed E-state index contributed by atoms with van der Waals surface area (Å²) >= 11 is 0. The Morgan fingerprint density at radius 1 is 0.914 bits per heavy atom. The van der Waals surface area contributed by atoms with Crippen molar-refractivity contribution in [3.63, 3.8) is 0 Å². The summed E-state index contributed by atoms with van der Waals surface area (Å²) in [6, 6.07) is 18.4. The number of amides is 1. The first-order valence-electron chi connectivity index (χ1n) is 11.2. The predicted molar refractivity (Wildman–Crippen MR) is 130 cm³/mol. The van der Waals surface area contributed by atoms with Crippen LogP contribution in [0.5, 0.6) is 0 Å². The van der Waals surface area contributed by atoms with Crippen molar-refractivity contribution >= 4 is 27.0 Å². The Labute approximate surface area is 202 Å². The smallest absolute Gasteiger partial charge is 0.264 e. The van der Waals surface area contributed by atoms with Crippen LogP contribution in [0.3, 0.4) is 0 Å². The molecular formula is C24H24N6O4S. The standard InChI is InChI=1S/C24H24N6O4S/c31-22(27-11-13-29(14-12-27)35(33,34)17-19-7-3-1-4-8-19)16-28-18-25-23-21(24(28)32)15-26-30(23)20-9-5-2-6-10-20/h1-10,15,18H,11-14,16-17H2. The maximum absolute atomic E-state index is 13.0. The number of fused-ring (bicyclic) bond motifs is 1. The lowest BCUT2D eigenvalue weighted by Crippen LogP contribution is -2.51. The van der Waals surface area contributed by atoms with Gasteiger partial charge in [0.2, 0.25) is 15.9 Å². The van der Waals surface area contributed by atoms with Gasteiger partial charge in [-0.05, 0) is 17.7 Å². The molecule has 0 N–H and O–H groups in total. The number of aromatic nitrogens is 4. The van der Waals surface area contributed by atoms with E-state index in [2.05, 4.69) is 10.1 Å². The fourth-order valence-corrected chi connectivity index (χ4v) is 5.67. The molecule has 2 aromatic carbocycles. The lowest BCUT2D eigenvalue weighted by Gasteiger charge is -2.34. The molecule has 3 heterocycles. The maximum Gasteiger partial charge on any atom is 0.264 e. The van der Waals surface area contributed by atoms with Crippen molar-refractivity contribution in [2.45, 2.75) is 12.3 Å². The van der Waals surface area contributed by atoms with Crippen molar-refractivity contribution < 1.29 is 13.2 Å². The van der Waals surface area contributed by atoms with Gasteiger partial charge in [0.1, 0.15) is 18.3 Å². The first kappa shape index (κ1) is 22.9. The molecule has 1 fully saturated rings. The van der Waals surface area contributed by atoms with Crippen LogP contribution in [0.4, 0.5) is 0 Å². The molecule has 2 aromatic heterocycles. The quantitative estimate of drug-likeness (QED) is 0.401. The Hall–Kier alpha value is -3.83. The average molecular weight is 493 g/mol. The summed E-state index contributed by atoms with van der Waals surface area (Å²) in [6.07, 6.45) is 2.80. The third-order valence-corrected chi connectivity index (χ3v) is 7.89. The highest BCUT2D eigenvalue weighted by molar-refractivity contribution is 7.88. The van der Waals surface area contributed by atoms with Crippen LogP contribution in [-0.2, 0) is 27.1 Å². The van der Waals surface area contributed by atoms with E-state index in [4.69, 9.17) is 0 Å². The monoisotopic (exact) mass is 492 g/mol. The van der Waals surface area contributed by atoms with Gasteiger partial charge in [0, 0.05) is 26.2 Å². The molecule has 0 spiro atoms. The molecule has 180 valence electrons. The normalized spacial score (nSPS) is 14.9. The van der Waals surface area contributed by atoms with Crippen LogP contribution >= 0.6 is 0 Å². The van der Waals surface area contributed by atoms with Gasteiger partial charge in [0.15, 0.2) is 5.65 Å². The van der Waals surface area contributed by atoms with Crippen molar-refractivity contribution in [3.05, 3.63) is 89.1 Å². The number of rotatable bonds is 6. The third kappa shape index (κ3) is 4.73. The van der Waals surface area contributed by atoms with Crippen LogP contribution in [0.2, 0.25) is 0 Å². The summed E-state index contributed by atoms with van der Waals surface area (Å²) in [5, 5.41) is 4.60. The van der Waals surface area contributed by atoms with E-state index < -0.39 is 10.0 Å². The molecule has 4 aromatic rings. The van der Waals surface area contributed by atoms with Crippen LogP contribution in [0.1, 0.15) is 5.56 Å². The van der Waals surface area contributed by atoms with E-state index in [1.54, 1.807) is 21.7 Å². The topological polar surface area (TPSA) is 110 Å². The number of hydrogen-bond donors (Lipinski definition) is 0. The Bertz CT molecular complexity index is 1510. The van der Waals surface area contributed by atoms with Gasteiger partial charge < -0.3 is 4.90 Å². The molecule has 0 radical (unpaired) electrons. The Morgan fingerprint density at radius 3 is 2.26 bits per heavy atom. The number of para-hydroxylation sites is 1. The van der Waals surface area contributed by atoms with Crippen molar-refractivity contribution in [2.75, 3.05) is 26.2 Å². The van der Waals surface area contributed by atoms with Crippen molar-refractivity contribution in [3.8, 4) is 5.69 Å². The molecule has 5 rings (SSSR count). The zero-order chi connectivity index (χ0) is 24.4. The largest absolute Gasteiger partial charge is 0.338 e. The highest BCUT2D eigenvalue weighted by Gasteiger charge is 2.29. The van der Waals surface area contributed by atoms with Crippen LogP contribution in [0, 0.1) is 0 Å². The minimum Gasteiger partial charge on any atom is -0.338 e. The van der Waals surface area contributed by atoms with Crippen LogP contribution in [0.15, 0.2) is 78.0 Å². The zero-order valence-corrected chi connectivity index (χ0v) is 19.7. The average Bonchev–Trinajstić information content (AvgIpc) is 3.32.